The molecule has 3 aromatic heterocycles. The van der Waals surface area contributed by atoms with Crippen molar-refractivity contribution in [1.82, 2.24) is 14.6 Å². The summed E-state index contributed by atoms with van der Waals surface area (Å²) >= 11 is 1.77. The quantitative estimate of drug-likeness (QED) is 0.436. The van der Waals surface area contributed by atoms with Gasteiger partial charge in [0, 0.05) is 28.8 Å². The first-order valence-electron chi connectivity index (χ1n) is 8.48. The van der Waals surface area contributed by atoms with Gasteiger partial charge < -0.3 is 0 Å². The van der Waals surface area contributed by atoms with Crippen LogP contribution in [0, 0.1) is 5.82 Å². The fourth-order valence-corrected chi connectivity index (χ4v) is 3.87. The fraction of sp³-hybridized carbons (Fsp3) is 0.143. The lowest BCUT2D eigenvalue weighted by Gasteiger charge is -2.07. The van der Waals surface area contributed by atoms with Crippen LogP contribution in [0.15, 0.2) is 72.0 Å². The van der Waals surface area contributed by atoms with Gasteiger partial charge in [0.05, 0.1) is 10.5 Å². The van der Waals surface area contributed by atoms with Crippen LogP contribution in [-0.4, -0.2) is 19.8 Å². The maximum Gasteiger partial charge on any atom is 0.123 e. The molecular formula is C21H18FN3S. The molecule has 0 radical (unpaired) electrons. The van der Waals surface area contributed by atoms with E-state index in [0.717, 1.165) is 32.9 Å². The second-order valence-corrected chi connectivity index (χ2v) is 7.89. The molecule has 4 aromatic rings. The van der Waals surface area contributed by atoms with E-state index in [1.54, 1.807) is 36.3 Å². The molecule has 0 saturated carbocycles. The summed E-state index contributed by atoms with van der Waals surface area (Å²) in [6, 6.07) is 16.7. The van der Waals surface area contributed by atoms with Gasteiger partial charge in [-0.15, -0.1) is 11.8 Å². The van der Waals surface area contributed by atoms with Gasteiger partial charge in [-0.05, 0) is 54.1 Å². The van der Waals surface area contributed by atoms with Crippen LogP contribution in [0.1, 0.15) is 13.8 Å². The average molecular weight is 363 g/mol. The standard InChI is InChI=1S/C21H18FN3S/c1-14(2)26-19-5-3-4-18-20(15-10-12-23-13-11-15)21(24-25(18)19)16-6-8-17(22)9-7-16/h3-14H,1-2H3. The number of aromatic nitrogens is 3. The molecule has 0 fully saturated rings. The summed E-state index contributed by atoms with van der Waals surface area (Å²) in [6.45, 7) is 4.33. The van der Waals surface area contributed by atoms with Gasteiger partial charge in [-0.2, -0.15) is 5.10 Å². The van der Waals surface area contributed by atoms with E-state index in [2.05, 4.69) is 37.0 Å². The van der Waals surface area contributed by atoms with E-state index in [0.29, 0.717) is 5.25 Å². The number of thioether (sulfide) groups is 1. The number of benzene rings is 1. The largest absolute Gasteiger partial charge is 0.265 e. The molecule has 0 aliphatic rings. The van der Waals surface area contributed by atoms with Crippen LogP contribution in [0.5, 0.6) is 0 Å². The van der Waals surface area contributed by atoms with E-state index in [1.165, 1.54) is 12.1 Å². The molecule has 0 bridgehead atoms. The van der Waals surface area contributed by atoms with Crippen LogP contribution in [0.25, 0.3) is 27.9 Å². The van der Waals surface area contributed by atoms with E-state index in [4.69, 9.17) is 5.10 Å². The second-order valence-electron chi connectivity index (χ2n) is 6.29. The summed E-state index contributed by atoms with van der Waals surface area (Å²) in [7, 11) is 0. The number of halogens is 1. The van der Waals surface area contributed by atoms with E-state index >= 15 is 0 Å². The molecule has 0 spiro atoms. The van der Waals surface area contributed by atoms with Crippen LogP contribution in [0.2, 0.25) is 0 Å². The van der Waals surface area contributed by atoms with Gasteiger partial charge >= 0.3 is 0 Å². The van der Waals surface area contributed by atoms with Gasteiger partial charge in [-0.3, -0.25) is 4.98 Å². The first kappa shape index (κ1) is 16.8. The molecule has 130 valence electrons. The van der Waals surface area contributed by atoms with Crippen LogP contribution < -0.4 is 0 Å². The Morgan fingerprint density at radius 3 is 2.35 bits per heavy atom. The maximum absolute atomic E-state index is 13.4. The first-order valence-corrected chi connectivity index (χ1v) is 9.36. The van der Waals surface area contributed by atoms with Crippen LogP contribution in [0.4, 0.5) is 4.39 Å². The van der Waals surface area contributed by atoms with Crippen molar-refractivity contribution in [2.24, 2.45) is 0 Å². The third-order valence-electron chi connectivity index (χ3n) is 4.07. The lowest BCUT2D eigenvalue weighted by atomic mass is 10.0. The van der Waals surface area contributed by atoms with Crippen molar-refractivity contribution in [2.45, 2.75) is 24.1 Å². The number of rotatable bonds is 4. The van der Waals surface area contributed by atoms with Gasteiger partial charge in [0.25, 0.3) is 0 Å². The number of hydrogen-bond acceptors (Lipinski definition) is 3. The van der Waals surface area contributed by atoms with Crippen LogP contribution in [-0.2, 0) is 0 Å². The highest BCUT2D eigenvalue weighted by Gasteiger charge is 2.18. The highest BCUT2D eigenvalue weighted by Crippen LogP contribution is 2.37. The van der Waals surface area contributed by atoms with Crippen molar-refractivity contribution in [3.8, 4) is 22.4 Å². The fourth-order valence-electron chi connectivity index (χ4n) is 2.99. The van der Waals surface area contributed by atoms with E-state index in [9.17, 15) is 4.39 Å². The summed E-state index contributed by atoms with van der Waals surface area (Å²) < 4.78 is 15.4. The molecule has 0 unspecified atom stereocenters. The lowest BCUT2D eigenvalue weighted by Crippen LogP contribution is -1.95. The van der Waals surface area contributed by atoms with Gasteiger partial charge in [0.15, 0.2) is 0 Å². The average Bonchev–Trinajstić information content (AvgIpc) is 3.03. The smallest absolute Gasteiger partial charge is 0.123 e. The Morgan fingerprint density at radius 2 is 1.65 bits per heavy atom. The first-order chi connectivity index (χ1) is 12.6. The molecule has 26 heavy (non-hydrogen) atoms. The molecule has 1 aromatic carbocycles. The van der Waals surface area contributed by atoms with Crippen molar-refractivity contribution in [3.63, 3.8) is 0 Å². The summed E-state index contributed by atoms with van der Waals surface area (Å²) in [5.74, 6) is -0.251. The Kier molecular flexibility index (Phi) is 4.47. The topological polar surface area (TPSA) is 30.2 Å². The zero-order valence-corrected chi connectivity index (χ0v) is 15.4. The molecule has 3 heterocycles. The molecule has 4 rings (SSSR count). The zero-order chi connectivity index (χ0) is 18.1. The minimum absolute atomic E-state index is 0.251. The van der Waals surface area contributed by atoms with Gasteiger partial charge in [-0.1, -0.05) is 19.9 Å². The molecule has 3 nitrogen and oxygen atoms in total. The van der Waals surface area contributed by atoms with Gasteiger partial charge in [0.2, 0.25) is 0 Å². The Morgan fingerprint density at radius 1 is 0.923 bits per heavy atom. The van der Waals surface area contributed by atoms with E-state index in [-0.39, 0.29) is 5.82 Å². The Labute approximate surface area is 155 Å². The van der Waals surface area contributed by atoms with Crippen molar-refractivity contribution < 1.29 is 4.39 Å². The molecule has 5 heteroatoms. The third kappa shape index (κ3) is 3.10. The van der Waals surface area contributed by atoms with E-state index in [1.807, 2.05) is 16.6 Å². The third-order valence-corrected chi connectivity index (χ3v) is 5.09. The van der Waals surface area contributed by atoms with Crippen molar-refractivity contribution in [2.75, 3.05) is 0 Å². The molecule has 0 N–H and O–H groups in total. The lowest BCUT2D eigenvalue weighted by molar-refractivity contribution is 0.628. The molecule has 0 saturated heterocycles. The minimum Gasteiger partial charge on any atom is -0.265 e. The Bertz CT molecular complexity index is 1040. The van der Waals surface area contributed by atoms with Gasteiger partial charge in [0.1, 0.15) is 11.5 Å². The predicted molar refractivity (Wildman–Crippen MR) is 105 cm³/mol. The maximum atomic E-state index is 13.4. The molecule has 0 atom stereocenters. The predicted octanol–water partition coefficient (Wildman–Crippen LogP) is 5.70. The number of nitrogens with zero attached hydrogens (tertiary/aromatic N) is 3. The Hall–Kier alpha value is -2.66. The highest BCUT2D eigenvalue weighted by molar-refractivity contribution is 7.99. The van der Waals surface area contributed by atoms with Crippen molar-refractivity contribution >= 4 is 17.3 Å². The highest BCUT2D eigenvalue weighted by atomic mass is 32.2. The van der Waals surface area contributed by atoms with Crippen LogP contribution >= 0.6 is 11.8 Å². The summed E-state index contributed by atoms with van der Waals surface area (Å²) in [6.07, 6.45) is 3.56. The SMILES string of the molecule is CC(C)Sc1cccc2c(-c3ccncc3)c(-c3ccc(F)cc3)nn12. The van der Waals surface area contributed by atoms with Crippen LogP contribution in [0.3, 0.4) is 0 Å². The monoisotopic (exact) mass is 363 g/mol. The van der Waals surface area contributed by atoms with Crippen molar-refractivity contribution in [1.29, 1.82) is 0 Å². The minimum atomic E-state index is -0.251. The normalized spacial score (nSPS) is 11.4. The summed E-state index contributed by atoms with van der Waals surface area (Å²) in [5.41, 5.74) is 4.84. The molecule has 0 aliphatic carbocycles. The second kappa shape index (κ2) is 6.92. The van der Waals surface area contributed by atoms with Gasteiger partial charge in [-0.25, -0.2) is 8.91 Å². The Balaban J connectivity index is 2.01. The summed E-state index contributed by atoms with van der Waals surface area (Å²) in [5, 5.41) is 6.43. The molecule has 0 aliphatic heterocycles. The van der Waals surface area contributed by atoms with E-state index < -0.39 is 0 Å². The number of hydrogen-bond donors (Lipinski definition) is 0. The molecular weight excluding hydrogens is 345 g/mol. The number of pyridine rings is 2. The zero-order valence-electron chi connectivity index (χ0n) is 14.6. The summed E-state index contributed by atoms with van der Waals surface area (Å²) in [4.78, 5) is 4.13. The van der Waals surface area contributed by atoms with Crippen molar-refractivity contribution in [3.05, 3.63) is 72.8 Å². The molecule has 0 amide bonds. The number of fused-ring (bicyclic) bond motifs is 1.